The first-order valence-electron chi connectivity index (χ1n) is 8.75. The smallest absolute Gasteiger partial charge is 0.00958 e. The van der Waals surface area contributed by atoms with Crippen LogP contribution >= 0.6 is 0 Å². The lowest BCUT2D eigenvalue weighted by Gasteiger charge is -2.25. The van der Waals surface area contributed by atoms with Gasteiger partial charge in [0.25, 0.3) is 0 Å². The minimum atomic E-state index is 0.825. The third-order valence-corrected chi connectivity index (χ3v) is 5.24. The van der Waals surface area contributed by atoms with Crippen LogP contribution in [-0.2, 0) is 0 Å². The summed E-state index contributed by atoms with van der Waals surface area (Å²) in [5, 5.41) is 3.77. The van der Waals surface area contributed by atoms with Crippen molar-refractivity contribution in [2.24, 2.45) is 11.8 Å². The highest BCUT2D eigenvalue weighted by Crippen LogP contribution is 2.29. The SMILES string of the molecule is CCCNC1CCCC1CCN1CCCC(C)CC1. The second-order valence-corrected chi connectivity index (χ2v) is 6.92. The number of hydrogen-bond acceptors (Lipinski definition) is 2. The number of nitrogens with zero attached hydrogens (tertiary/aromatic N) is 1. The molecule has 3 unspecified atom stereocenters. The first-order chi connectivity index (χ1) is 9.29. The molecule has 0 radical (unpaired) electrons. The predicted octanol–water partition coefficient (Wildman–Crippen LogP) is 3.67. The molecule has 19 heavy (non-hydrogen) atoms. The summed E-state index contributed by atoms with van der Waals surface area (Å²) in [5.74, 6) is 1.91. The van der Waals surface area contributed by atoms with E-state index in [1.165, 1.54) is 77.5 Å². The molecular weight excluding hydrogens is 232 g/mol. The van der Waals surface area contributed by atoms with Gasteiger partial charge >= 0.3 is 0 Å². The van der Waals surface area contributed by atoms with Gasteiger partial charge in [0.15, 0.2) is 0 Å². The van der Waals surface area contributed by atoms with Crippen molar-refractivity contribution >= 4 is 0 Å². The zero-order valence-corrected chi connectivity index (χ0v) is 13.2. The van der Waals surface area contributed by atoms with Crippen molar-refractivity contribution in [3.05, 3.63) is 0 Å². The Morgan fingerprint density at radius 1 is 1.05 bits per heavy atom. The first kappa shape index (κ1) is 15.3. The van der Waals surface area contributed by atoms with Crippen LogP contribution in [0.2, 0.25) is 0 Å². The molecule has 2 aliphatic rings. The van der Waals surface area contributed by atoms with Gasteiger partial charge in [0.05, 0.1) is 0 Å². The monoisotopic (exact) mass is 266 g/mol. The molecule has 2 fully saturated rings. The highest BCUT2D eigenvalue weighted by Gasteiger charge is 2.26. The van der Waals surface area contributed by atoms with Gasteiger partial charge in [-0.3, -0.25) is 0 Å². The van der Waals surface area contributed by atoms with Gasteiger partial charge in [-0.05, 0) is 83.0 Å². The van der Waals surface area contributed by atoms with Crippen LogP contribution in [0, 0.1) is 11.8 Å². The van der Waals surface area contributed by atoms with Gasteiger partial charge in [0, 0.05) is 6.04 Å². The van der Waals surface area contributed by atoms with Crippen molar-refractivity contribution in [3.8, 4) is 0 Å². The van der Waals surface area contributed by atoms with Crippen LogP contribution < -0.4 is 5.32 Å². The van der Waals surface area contributed by atoms with Gasteiger partial charge in [-0.25, -0.2) is 0 Å². The fourth-order valence-corrected chi connectivity index (χ4v) is 3.88. The fourth-order valence-electron chi connectivity index (χ4n) is 3.88. The molecule has 0 bridgehead atoms. The van der Waals surface area contributed by atoms with Gasteiger partial charge < -0.3 is 10.2 Å². The maximum Gasteiger partial charge on any atom is 0.00958 e. The van der Waals surface area contributed by atoms with Gasteiger partial charge in [-0.15, -0.1) is 0 Å². The highest BCUT2D eigenvalue weighted by molar-refractivity contribution is 4.84. The molecule has 1 heterocycles. The molecule has 1 aliphatic carbocycles. The predicted molar refractivity (Wildman–Crippen MR) is 83.5 cm³/mol. The van der Waals surface area contributed by atoms with Crippen LogP contribution in [0.4, 0.5) is 0 Å². The lowest BCUT2D eigenvalue weighted by molar-refractivity contribution is 0.246. The number of rotatable bonds is 6. The Kier molecular flexibility index (Phi) is 6.66. The van der Waals surface area contributed by atoms with E-state index in [1.807, 2.05) is 0 Å². The molecule has 3 atom stereocenters. The standard InChI is InChI=1S/C17H34N2/c1-3-11-18-17-8-4-7-16(17)10-14-19-12-5-6-15(2)9-13-19/h15-18H,3-14H2,1-2H3. The minimum absolute atomic E-state index is 0.825. The lowest BCUT2D eigenvalue weighted by Crippen LogP contribution is -2.35. The lowest BCUT2D eigenvalue weighted by atomic mass is 9.99. The van der Waals surface area contributed by atoms with E-state index in [9.17, 15) is 0 Å². The van der Waals surface area contributed by atoms with E-state index in [-0.39, 0.29) is 0 Å². The zero-order chi connectivity index (χ0) is 13.5. The second kappa shape index (κ2) is 8.26. The molecule has 0 aromatic heterocycles. The van der Waals surface area contributed by atoms with Gasteiger partial charge in [0.2, 0.25) is 0 Å². The Morgan fingerprint density at radius 2 is 1.95 bits per heavy atom. The van der Waals surface area contributed by atoms with Gasteiger partial charge in [0.1, 0.15) is 0 Å². The van der Waals surface area contributed by atoms with Crippen molar-refractivity contribution < 1.29 is 0 Å². The maximum absolute atomic E-state index is 3.77. The molecule has 2 nitrogen and oxygen atoms in total. The van der Waals surface area contributed by atoms with Crippen molar-refractivity contribution in [3.63, 3.8) is 0 Å². The molecule has 0 spiro atoms. The summed E-state index contributed by atoms with van der Waals surface area (Å²) in [6.45, 7) is 9.95. The maximum atomic E-state index is 3.77. The Morgan fingerprint density at radius 3 is 2.79 bits per heavy atom. The molecule has 1 aliphatic heterocycles. The molecule has 2 heteroatoms. The zero-order valence-electron chi connectivity index (χ0n) is 13.2. The third kappa shape index (κ3) is 5.07. The topological polar surface area (TPSA) is 15.3 Å². The van der Waals surface area contributed by atoms with E-state index in [1.54, 1.807) is 0 Å². The summed E-state index contributed by atoms with van der Waals surface area (Å²) in [7, 11) is 0. The summed E-state index contributed by atoms with van der Waals surface area (Å²) in [4.78, 5) is 2.73. The molecule has 1 saturated carbocycles. The quantitative estimate of drug-likeness (QED) is 0.789. The number of likely N-dealkylation sites (tertiary alicyclic amines) is 1. The fraction of sp³-hybridized carbons (Fsp3) is 1.00. The van der Waals surface area contributed by atoms with Crippen molar-refractivity contribution in [1.29, 1.82) is 0 Å². The van der Waals surface area contributed by atoms with Crippen LogP contribution in [0.15, 0.2) is 0 Å². The number of hydrogen-bond donors (Lipinski definition) is 1. The average molecular weight is 266 g/mol. The largest absolute Gasteiger partial charge is 0.314 e. The van der Waals surface area contributed by atoms with Crippen LogP contribution in [0.25, 0.3) is 0 Å². The molecule has 0 aromatic carbocycles. The van der Waals surface area contributed by atoms with Crippen LogP contribution in [0.3, 0.4) is 0 Å². The minimum Gasteiger partial charge on any atom is -0.314 e. The molecule has 0 amide bonds. The first-order valence-corrected chi connectivity index (χ1v) is 8.75. The Bertz CT molecular complexity index is 241. The number of nitrogens with one attached hydrogen (secondary N) is 1. The summed E-state index contributed by atoms with van der Waals surface area (Å²) < 4.78 is 0. The molecule has 0 aromatic rings. The van der Waals surface area contributed by atoms with Crippen molar-refractivity contribution in [2.45, 2.75) is 71.3 Å². The van der Waals surface area contributed by atoms with Crippen molar-refractivity contribution in [2.75, 3.05) is 26.2 Å². The summed E-state index contributed by atoms with van der Waals surface area (Å²) in [5.41, 5.74) is 0. The molecular formula is C17H34N2. The van der Waals surface area contributed by atoms with Gasteiger partial charge in [-0.2, -0.15) is 0 Å². The average Bonchev–Trinajstić information content (AvgIpc) is 2.76. The summed E-state index contributed by atoms with van der Waals surface area (Å²) in [6.07, 6.45) is 11.3. The molecule has 1 N–H and O–H groups in total. The van der Waals surface area contributed by atoms with E-state index in [0.717, 1.165) is 17.9 Å². The molecule has 112 valence electrons. The van der Waals surface area contributed by atoms with E-state index in [0.29, 0.717) is 0 Å². The Balaban J connectivity index is 1.68. The third-order valence-electron chi connectivity index (χ3n) is 5.24. The van der Waals surface area contributed by atoms with E-state index in [4.69, 9.17) is 0 Å². The van der Waals surface area contributed by atoms with Crippen LogP contribution in [-0.4, -0.2) is 37.1 Å². The second-order valence-electron chi connectivity index (χ2n) is 6.92. The van der Waals surface area contributed by atoms with Crippen LogP contribution in [0.5, 0.6) is 0 Å². The molecule has 2 rings (SSSR count). The van der Waals surface area contributed by atoms with Crippen molar-refractivity contribution in [1.82, 2.24) is 10.2 Å². The van der Waals surface area contributed by atoms with Gasteiger partial charge in [-0.1, -0.05) is 20.3 Å². The van der Waals surface area contributed by atoms with E-state index < -0.39 is 0 Å². The molecule has 1 saturated heterocycles. The Labute approximate surface area is 120 Å². The van der Waals surface area contributed by atoms with E-state index in [2.05, 4.69) is 24.1 Å². The van der Waals surface area contributed by atoms with Crippen LogP contribution in [0.1, 0.15) is 65.2 Å². The summed E-state index contributed by atoms with van der Waals surface area (Å²) >= 11 is 0. The highest BCUT2D eigenvalue weighted by atomic mass is 15.1. The Hall–Kier alpha value is -0.0800. The van der Waals surface area contributed by atoms with E-state index >= 15 is 0 Å². The normalized spacial score (nSPS) is 33.5. The summed E-state index contributed by atoms with van der Waals surface area (Å²) in [6, 6.07) is 0.825.